The lowest BCUT2D eigenvalue weighted by molar-refractivity contribution is -0.125. The largest absolute Gasteiger partial charge is 0.494 e. The van der Waals surface area contributed by atoms with Crippen LogP contribution in [0.15, 0.2) is 30.3 Å². The Kier molecular flexibility index (Phi) is 8.92. The molecule has 0 bridgehead atoms. The highest BCUT2D eigenvalue weighted by Crippen LogP contribution is 2.39. The zero-order valence-corrected chi connectivity index (χ0v) is 21.7. The quantitative estimate of drug-likeness (QED) is 0.363. The number of carbonyl (C=O) groups is 1. The molecular weight excluding hydrogens is 418 g/mol. The monoisotopic (exact) mass is 459 g/mol. The van der Waals surface area contributed by atoms with E-state index in [2.05, 4.69) is 27.0 Å². The third-order valence-electron chi connectivity index (χ3n) is 6.71. The Bertz CT molecular complexity index is 896. The second kappa shape index (κ2) is 10.8. The number of nitrogens with zero attached hydrogens (tertiary/aromatic N) is 1. The van der Waals surface area contributed by atoms with Crippen LogP contribution in [0.2, 0.25) is 0 Å². The first-order valence-corrected chi connectivity index (χ1v) is 13.1. The molecule has 2 rings (SSSR count). The first kappa shape index (κ1) is 26.4. The maximum absolute atomic E-state index is 12.0. The maximum atomic E-state index is 12.0. The molecule has 1 heterocycles. The highest BCUT2D eigenvalue weighted by atomic mass is 32.2. The zero-order chi connectivity index (χ0) is 24.1. The summed E-state index contributed by atoms with van der Waals surface area (Å²) in [7, 11) is 0. The Morgan fingerprint density at radius 1 is 1.09 bits per heavy atom. The molecule has 4 nitrogen and oxygen atoms in total. The summed E-state index contributed by atoms with van der Waals surface area (Å²) in [4.78, 5) is 12.0. The molecule has 1 atom stereocenters. The van der Waals surface area contributed by atoms with Crippen LogP contribution in [0.25, 0.3) is 5.69 Å². The van der Waals surface area contributed by atoms with Crippen molar-refractivity contribution in [2.75, 3.05) is 12.0 Å². The van der Waals surface area contributed by atoms with Gasteiger partial charge in [-0.3, -0.25) is 9.36 Å². The van der Waals surface area contributed by atoms with Crippen molar-refractivity contribution in [3.05, 3.63) is 41.5 Å². The van der Waals surface area contributed by atoms with Crippen LogP contribution in [-0.4, -0.2) is 32.6 Å². The van der Waals surface area contributed by atoms with Crippen molar-refractivity contribution in [2.24, 2.45) is 11.3 Å². The summed E-state index contributed by atoms with van der Waals surface area (Å²) < 4.78 is 1.52. The molecule has 32 heavy (non-hydrogen) atoms. The summed E-state index contributed by atoms with van der Waals surface area (Å²) in [6, 6.07) is 9.62. The van der Waals surface area contributed by atoms with Gasteiger partial charge < -0.3 is 10.2 Å². The van der Waals surface area contributed by atoms with Crippen molar-refractivity contribution in [1.82, 2.24) is 4.57 Å². The summed E-state index contributed by atoms with van der Waals surface area (Å²) in [6.07, 6.45) is 6.98. The van der Waals surface area contributed by atoms with Gasteiger partial charge in [-0.25, -0.2) is 0 Å². The minimum absolute atomic E-state index is 0.0577. The van der Waals surface area contributed by atoms with E-state index in [1.165, 1.54) is 4.57 Å². The molecule has 5 heteroatoms. The fraction of sp³-hybridized carbons (Fsp3) is 0.593. The van der Waals surface area contributed by atoms with Crippen molar-refractivity contribution in [1.29, 1.82) is 0 Å². The Morgan fingerprint density at radius 2 is 1.72 bits per heavy atom. The van der Waals surface area contributed by atoms with E-state index in [0.717, 1.165) is 54.7 Å². The second-order valence-corrected chi connectivity index (χ2v) is 11.4. The highest BCUT2D eigenvalue weighted by molar-refractivity contribution is 7.98. The molecule has 178 valence electrons. The SMILES string of the molecule is CCCC(CCSC)Cc1cc(O)n(-c2ccc(C(C)(C)CC(C)(C)C(C)=O)cc2)c1O. The van der Waals surface area contributed by atoms with Gasteiger partial charge >= 0.3 is 0 Å². The lowest BCUT2D eigenvalue weighted by Crippen LogP contribution is -2.31. The first-order chi connectivity index (χ1) is 14.9. The standard InChI is InChI=1S/C27H41NO3S/c1-8-9-20(14-15-32-7)16-21-17-24(30)28(25(21)31)23-12-10-22(11-13-23)27(5,6)18-26(3,4)19(2)29/h10-13,17,20,30-31H,8-9,14-16,18H2,1-7H3. The Labute approximate surface area is 198 Å². The minimum atomic E-state index is -0.390. The maximum Gasteiger partial charge on any atom is 0.201 e. The van der Waals surface area contributed by atoms with Crippen molar-refractivity contribution < 1.29 is 15.0 Å². The van der Waals surface area contributed by atoms with Gasteiger partial charge in [-0.1, -0.05) is 59.6 Å². The molecule has 0 fully saturated rings. The molecule has 0 saturated heterocycles. The molecule has 1 unspecified atom stereocenters. The molecule has 1 aromatic heterocycles. The Morgan fingerprint density at radius 3 is 2.25 bits per heavy atom. The number of rotatable bonds is 12. The predicted octanol–water partition coefficient (Wildman–Crippen LogP) is 6.88. The summed E-state index contributed by atoms with van der Waals surface area (Å²) in [5.74, 6) is 1.98. The second-order valence-electron chi connectivity index (χ2n) is 10.4. The van der Waals surface area contributed by atoms with Crippen LogP contribution >= 0.6 is 11.8 Å². The van der Waals surface area contributed by atoms with Gasteiger partial charge in [0.1, 0.15) is 5.78 Å². The average molecular weight is 460 g/mol. The third kappa shape index (κ3) is 6.34. The number of thioether (sulfide) groups is 1. The van der Waals surface area contributed by atoms with Gasteiger partial charge in [-0.2, -0.15) is 11.8 Å². The molecular formula is C27H41NO3S. The molecule has 0 spiro atoms. The normalized spacial score (nSPS) is 13.3. The number of Topliss-reactive ketones (excluding diaryl/α,β-unsaturated/α-hetero) is 1. The van der Waals surface area contributed by atoms with Crippen LogP contribution in [0.5, 0.6) is 11.8 Å². The molecule has 0 saturated carbocycles. The van der Waals surface area contributed by atoms with Crippen molar-refractivity contribution in [2.45, 2.75) is 79.1 Å². The summed E-state index contributed by atoms with van der Waals surface area (Å²) >= 11 is 1.85. The predicted molar refractivity (Wildman–Crippen MR) is 136 cm³/mol. The van der Waals surface area contributed by atoms with Crippen molar-refractivity contribution in [3.8, 4) is 17.4 Å². The van der Waals surface area contributed by atoms with Crippen LogP contribution in [-0.2, 0) is 16.6 Å². The van der Waals surface area contributed by atoms with E-state index >= 15 is 0 Å². The highest BCUT2D eigenvalue weighted by Gasteiger charge is 2.33. The first-order valence-electron chi connectivity index (χ1n) is 11.7. The van der Waals surface area contributed by atoms with Crippen LogP contribution in [0.1, 0.15) is 78.4 Å². The van der Waals surface area contributed by atoms with E-state index in [-0.39, 0.29) is 28.4 Å². The van der Waals surface area contributed by atoms with Crippen LogP contribution in [0.3, 0.4) is 0 Å². The van der Waals surface area contributed by atoms with Gasteiger partial charge in [0, 0.05) is 17.0 Å². The van der Waals surface area contributed by atoms with Crippen LogP contribution in [0.4, 0.5) is 0 Å². The van der Waals surface area contributed by atoms with E-state index in [1.54, 1.807) is 13.0 Å². The van der Waals surface area contributed by atoms with E-state index in [9.17, 15) is 15.0 Å². The number of hydrogen-bond donors (Lipinski definition) is 2. The molecule has 0 aliphatic heterocycles. The fourth-order valence-corrected chi connectivity index (χ4v) is 5.26. The molecule has 0 radical (unpaired) electrons. The average Bonchev–Trinajstić information content (AvgIpc) is 2.98. The van der Waals surface area contributed by atoms with Crippen LogP contribution < -0.4 is 0 Å². The summed E-state index contributed by atoms with van der Waals surface area (Å²) in [5.41, 5.74) is 2.09. The minimum Gasteiger partial charge on any atom is -0.494 e. The Balaban J connectivity index is 2.27. The van der Waals surface area contributed by atoms with Gasteiger partial charge in [0.15, 0.2) is 5.88 Å². The van der Waals surface area contributed by atoms with E-state index < -0.39 is 0 Å². The van der Waals surface area contributed by atoms with Gasteiger partial charge in [0.05, 0.1) is 5.69 Å². The third-order valence-corrected chi connectivity index (χ3v) is 7.36. The van der Waals surface area contributed by atoms with E-state index in [0.29, 0.717) is 5.92 Å². The number of carbonyl (C=O) groups excluding carboxylic acids is 1. The molecule has 1 aromatic carbocycles. The van der Waals surface area contributed by atoms with Gasteiger partial charge in [0.25, 0.3) is 0 Å². The van der Waals surface area contributed by atoms with Gasteiger partial charge in [-0.05, 0) is 67.2 Å². The van der Waals surface area contributed by atoms with Gasteiger partial charge in [0.2, 0.25) is 5.88 Å². The molecule has 0 aliphatic rings. The Hall–Kier alpha value is -1.88. The number of aromatic hydroxyl groups is 2. The molecule has 0 aliphatic carbocycles. The van der Waals surface area contributed by atoms with Crippen molar-refractivity contribution in [3.63, 3.8) is 0 Å². The molecule has 0 amide bonds. The molecule has 2 aromatic rings. The number of ketones is 1. The van der Waals surface area contributed by atoms with Gasteiger partial charge in [-0.15, -0.1) is 0 Å². The zero-order valence-electron chi connectivity index (χ0n) is 20.9. The summed E-state index contributed by atoms with van der Waals surface area (Å²) in [5, 5.41) is 21.5. The number of hydrogen-bond acceptors (Lipinski definition) is 4. The lowest BCUT2D eigenvalue weighted by atomic mass is 9.70. The van der Waals surface area contributed by atoms with E-state index in [4.69, 9.17) is 0 Å². The van der Waals surface area contributed by atoms with Crippen LogP contribution in [0, 0.1) is 11.3 Å². The fourth-order valence-electron chi connectivity index (χ4n) is 4.69. The van der Waals surface area contributed by atoms with Crippen molar-refractivity contribution >= 4 is 17.5 Å². The number of benzene rings is 1. The smallest absolute Gasteiger partial charge is 0.201 e. The topological polar surface area (TPSA) is 62.5 Å². The molecule has 2 N–H and O–H groups in total. The number of aromatic nitrogens is 1. The lowest BCUT2D eigenvalue weighted by Gasteiger charge is -2.34. The summed E-state index contributed by atoms with van der Waals surface area (Å²) in [6.45, 7) is 12.1. The van der Waals surface area contributed by atoms with E-state index in [1.807, 2.05) is 49.9 Å².